The highest BCUT2D eigenvalue weighted by molar-refractivity contribution is 8.26. The first-order chi connectivity index (χ1) is 12.5. The molecule has 0 spiro atoms. The van der Waals surface area contributed by atoms with E-state index in [1.807, 2.05) is 42.5 Å². The number of carboxylic acid groups (broad SMARTS) is 1. The lowest BCUT2D eigenvalue weighted by atomic mass is 10.1. The second kappa shape index (κ2) is 7.88. The molecule has 1 saturated heterocycles. The molecule has 0 bridgehead atoms. The number of carboxylic acids is 1. The number of hydrogen-bond acceptors (Lipinski definition) is 5. The molecule has 5 nitrogen and oxygen atoms in total. The van der Waals surface area contributed by atoms with Crippen LogP contribution in [0.15, 0.2) is 41.3 Å². The number of carbonyl (C=O) groups is 2. The predicted octanol–water partition coefficient (Wildman–Crippen LogP) is 3.91. The Balaban J connectivity index is 1.79. The zero-order valence-electron chi connectivity index (χ0n) is 14.1. The third kappa shape index (κ3) is 4.05. The highest BCUT2D eigenvalue weighted by atomic mass is 32.2. The minimum atomic E-state index is -0.876. The summed E-state index contributed by atoms with van der Waals surface area (Å²) in [5, 5.41) is 10.8. The fourth-order valence-corrected chi connectivity index (χ4v) is 4.00. The van der Waals surface area contributed by atoms with E-state index in [1.54, 1.807) is 7.11 Å². The van der Waals surface area contributed by atoms with Crippen molar-refractivity contribution in [2.45, 2.75) is 12.8 Å². The normalized spacial score (nSPS) is 15.9. The van der Waals surface area contributed by atoms with Crippen LogP contribution in [0.3, 0.4) is 0 Å². The molecule has 1 fully saturated rings. The minimum Gasteiger partial charge on any atom is -0.497 e. The Bertz CT molecular complexity index is 923. The second-order valence-electron chi connectivity index (χ2n) is 5.80. The van der Waals surface area contributed by atoms with Gasteiger partial charge in [0.2, 0.25) is 0 Å². The maximum absolute atomic E-state index is 12.5. The number of methoxy groups -OCH3 is 1. The third-order valence-corrected chi connectivity index (χ3v) is 5.39. The summed E-state index contributed by atoms with van der Waals surface area (Å²) < 4.78 is 5.70. The van der Waals surface area contributed by atoms with Gasteiger partial charge in [0.15, 0.2) is 0 Å². The van der Waals surface area contributed by atoms with Gasteiger partial charge >= 0.3 is 5.97 Å². The summed E-state index contributed by atoms with van der Waals surface area (Å²) in [6, 6.07) is 11.8. The number of hydrogen-bond donors (Lipinski definition) is 1. The van der Waals surface area contributed by atoms with E-state index in [4.69, 9.17) is 22.1 Å². The summed E-state index contributed by atoms with van der Waals surface area (Å²) in [6.45, 7) is 0.325. The molecule has 0 atom stereocenters. The van der Waals surface area contributed by atoms with Crippen LogP contribution in [0.2, 0.25) is 0 Å². The molecule has 0 aromatic heterocycles. The average Bonchev–Trinajstić information content (AvgIpc) is 2.88. The summed E-state index contributed by atoms with van der Waals surface area (Å²) in [6.07, 6.45) is 2.22. The molecule has 7 heteroatoms. The monoisotopic (exact) mass is 387 g/mol. The van der Waals surface area contributed by atoms with Crippen molar-refractivity contribution in [2.75, 3.05) is 13.7 Å². The van der Waals surface area contributed by atoms with E-state index in [0.717, 1.165) is 22.1 Å². The molecule has 2 aromatic carbocycles. The zero-order chi connectivity index (χ0) is 18.7. The van der Waals surface area contributed by atoms with Crippen molar-refractivity contribution in [3.8, 4) is 5.75 Å². The number of aliphatic carboxylic acids is 1. The van der Waals surface area contributed by atoms with E-state index in [1.165, 1.54) is 16.7 Å². The maximum Gasteiger partial charge on any atom is 0.303 e. The molecule has 1 heterocycles. The number of rotatable bonds is 6. The number of benzene rings is 2. The van der Waals surface area contributed by atoms with Crippen molar-refractivity contribution < 1.29 is 19.4 Å². The third-order valence-electron chi connectivity index (χ3n) is 4.02. The van der Waals surface area contributed by atoms with E-state index in [-0.39, 0.29) is 12.3 Å². The Morgan fingerprint density at radius 3 is 2.73 bits per heavy atom. The highest BCUT2D eigenvalue weighted by Crippen LogP contribution is 2.33. The van der Waals surface area contributed by atoms with Crippen LogP contribution in [0.4, 0.5) is 0 Å². The van der Waals surface area contributed by atoms with E-state index in [2.05, 4.69) is 0 Å². The van der Waals surface area contributed by atoms with Crippen LogP contribution >= 0.6 is 24.0 Å². The number of carbonyl (C=O) groups excluding carboxylic acids is 1. The number of thioether (sulfide) groups is 1. The van der Waals surface area contributed by atoms with Gasteiger partial charge in [0, 0.05) is 13.0 Å². The Kier molecular flexibility index (Phi) is 5.58. The molecular formula is C19H17NO4S2. The molecule has 1 aliphatic heterocycles. The summed E-state index contributed by atoms with van der Waals surface area (Å²) in [4.78, 5) is 25.2. The minimum absolute atomic E-state index is 0.0181. The first kappa shape index (κ1) is 18.4. The van der Waals surface area contributed by atoms with Crippen LogP contribution in [-0.2, 0) is 9.59 Å². The van der Waals surface area contributed by atoms with Crippen LogP contribution in [0.5, 0.6) is 5.75 Å². The lowest BCUT2D eigenvalue weighted by Crippen LogP contribution is -2.29. The number of amides is 1. The van der Waals surface area contributed by atoms with Gasteiger partial charge in [-0.05, 0) is 47.0 Å². The van der Waals surface area contributed by atoms with Gasteiger partial charge in [-0.15, -0.1) is 0 Å². The van der Waals surface area contributed by atoms with E-state index < -0.39 is 5.97 Å². The lowest BCUT2D eigenvalue weighted by Gasteiger charge is -2.13. The Hall–Kier alpha value is -2.38. The quantitative estimate of drug-likeness (QED) is 0.599. The molecule has 2 aromatic rings. The SMILES string of the molecule is COc1ccc2cc(C=C3SC(=S)N(CCCC(=O)O)C3=O)ccc2c1. The summed E-state index contributed by atoms with van der Waals surface area (Å²) in [7, 11) is 1.63. The van der Waals surface area contributed by atoms with Crippen molar-refractivity contribution >= 4 is 57.0 Å². The molecule has 1 aliphatic rings. The predicted molar refractivity (Wildman–Crippen MR) is 107 cm³/mol. The van der Waals surface area contributed by atoms with Gasteiger partial charge < -0.3 is 9.84 Å². The molecule has 26 heavy (non-hydrogen) atoms. The molecule has 0 saturated carbocycles. The summed E-state index contributed by atoms with van der Waals surface area (Å²) in [5.41, 5.74) is 0.911. The number of nitrogens with zero attached hydrogens (tertiary/aromatic N) is 1. The zero-order valence-corrected chi connectivity index (χ0v) is 15.7. The molecule has 134 valence electrons. The van der Waals surface area contributed by atoms with Gasteiger partial charge in [-0.2, -0.15) is 0 Å². The summed E-state index contributed by atoms with van der Waals surface area (Å²) >= 11 is 6.51. The largest absolute Gasteiger partial charge is 0.497 e. The van der Waals surface area contributed by atoms with Crippen LogP contribution in [0, 0.1) is 0 Å². The molecule has 0 unspecified atom stereocenters. The van der Waals surface area contributed by atoms with Crippen LogP contribution in [0.25, 0.3) is 16.8 Å². The molecular weight excluding hydrogens is 370 g/mol. The van der Waals surface area contributed by atoms with Gasteiger partial charge in [-0.3, -0.25) is 14.5 Å². The standard InChI is InChI=1S/C19H17NO4S2/c1-24-15-7-6-13-9-12(4-5-14(13)11-15)10-16-18(23)20(19(25)26-16)8-2-3-17(21)22/h4-7,9-11H,2-3,8H2,1H3,(H,21,22). The molecule has 1 N–H and O–H groups in total. The molecule has 3 rings (SSSR count). The second-order valence-corrected chi connectivity index (χ2v) is 7.48. The molecule has 1 amide bonds. The lowest BCUT2D eigenvalue weighted by molar-refractivity contribution is -0.137. The van der Waals surface area contributed by atoms with Gasteiger partial charge in [-0.1, -0.05) is 42.2 Å². The first-order valence-corrected chi connectivity index (χ1v) is 9.25. The fourth-order valence-electron chi connectivity index (χ4n) is 2.69. The van der Waals surface area contributed by atoms with E-state index >= 15 is 0 Å². The Morgan fingerprint density at radius 1 is 1.27 bits per heavy atom. The van der Waals surface area contributed by atoms with Gasteiger partial charge in [0.05, 0.1) is 12.0 Å². The van der Waals surface area contributed by atoms with Crippen molar-refractivity contribution in [2.24, 2.45) is 0 Å². The van der Waals surface area contributed by atoms with Crippen molar-refractivity contribution in [3.05, 3.63) is 46.9 Å². The summed E-state index contributed by atoms with van der Waals surface area (Å²) in [5.74, 6) is -0.244. The maximum atomic E-state index is 12.5. The smallest absolute Gasteiger partial charge is 0.303 e. The Labute approximate surface area is 160 Å². The molecule has 0 radical (unpaired) electrons. The van der Waals surface area contributed by atoms with Crippen molar-refractivity contribution in [3.63, 3.8) is 0 Å². The van der Waals surface area contributed by atoms with Crippen molar-refractivity contribution in [1.82, 2.24) is 4.90 Å². The van der Waals surface area contributed by atoms with Crippen LogP contribution in [-0.4, -0.2) is 39.9 Å². The topological polar surface area (TPSA) is 66.8 Å². The van der Waals surface area contributed by atoms with E-state index in [0.29, 0.717) is 22.2 Å². The Morgan fingerprint density at radius 2 is 2.00 bits per heavy atom. The van der Waals surface area contributed by atoms with Gasteiger partial charge in [0.1, 0.15) is 10.1 Å². The average molecular weight is 387 g/mol. The van der Waals surface area contributed by atoms with Gasteiger partial charge in [-0.25, -0.2) is 0 Å². The van der Waals surface area contributed by atoms with E-state index in [9.17, 15) is 9.59 Å². The number of thiocarbonyl (C=S) groups is 1. The first-order valence-electron chi connectivity index (χ1n) is 8.03. The van der Waals surface area contributed by atoms with Crippen molar-refractivity contribution in [1.29, 1.82) is 0 Å². The van der Waals surface area contributed by atoms with Gasteiger partial charge in [0.25, 0.3) is 5.91 Å². The van der Waals surface area contributed by atoms with Crippen LogP contribution in [0.1, 0.15) is 18.4 Å². The number of ether oxygens (including phenoxy) is 1. The highest BCUT2D eigenvalue weighted by Gasteiger charge is 2.31. The van der Waals surface area contributed by atoms with Crippen LogP contribution < -0.4 is 4.74 Å². The fraction of sp³-hybridized carbons (Fsp3) is 0.211. The molecule has 0 aliphatic carbocycles. The number of fused-ring (bicyclic) bond motifs is 1.